The Balaban J connectivity index is 4.42. The Morgan fingerprint density at radius 2 is 1.87 bits per heavy atom. The molecule has 0 amide bonds. The van der Waals surface area contributed by atoms with E-state index < -0.39 is 37.0 Å². The summed E-state index contributed by atoms with van der Waals surface area (Å²) in [6, 6.07) is 0. The predicted octanol–water partition coefficient (Wildman–Crippen LogP) is -2.81. The average Bonchev–Trinajstić information content (AvgIpc) is 2.22. The quantitative estimate of drug-likeness (QED) is 0.217. The average molecular weight is 223 g/mol. The van der Waals surface area contributed by atoms with Crippen LogP contribution in [0.5, 0.6) is 0 Å². The van der Waals surface area contributed by atoms with Crippen LogP contribution in [0.2, 0.25) is 0 Å². The molecule has 0 bridgehead atoms. The molecule has 0 aliphatic rings. The fraction of sp³-hybridized carbons (Fsp3) is 0.750. The van der Waals surface area contributed by atoms with Gasteiger partial charge < -0.3 is 25.2 Å². The van der Waals surface area contributed by atoms with Crippen molar-refractivity contribution in [3.8, 4) is 0 Å². The van der Waals surface area contributed by atoms with E-state index in [1.165, 1.54) is 0 Å². The topological polar surface area (TPSA) is 124 Å². The second-order valence-corrected chi connectivity index (χ2v) is 2.94. The first kappa shape index (κ1) is 14.0. The van der Waals surface area contributed by atoms with Crippen LogP contribution in [-0.2, 0) is 14.3 Å². The molecule has 7 nitrogen and oxygen atoms in total. The first-order chi connectivity index (χ1) is 6.93. The van der Waals surface area contributed by atoms with E-state index in [2.05, 4.69) is 4.74 Å². The molecule has 0 aliphatic carbocycles. The van der Waals surface area contributed by atoms with Crippen LogP contribution in [0.25, 0.3) is 0 Å². The molecule has 0 aromatic carbocycles. The van der Waals surface area contributed by atoms with E-state index in [0.717, 1.165) is 6.92 Å². The minimum absolute atomic E-state index is 0.124. The zero-order valence-corrected chi connectivity index (χ0v) is 8.11. The SMILES string of the molecule is CC(=O)O[C@@H]([13CH]=O)[C@@H](O)[C@H](O)[C@H](O)CO. The molecule has 0 saturated heterocycles. The molecule has 0 radical (unpaired) electrons. The van der Waals surface area contributed by atoms with Crippen LogP contribution in [0.3, 0.4) is 0 Å². The van der Waals surface area contributed by atoms with Crippen molar-refractivity contribution in [1.29, 1.82) is 0 Å². The lowest BCUT2D eigenvalue weighted by Gasteiger charge is -2.24. The van der Waals surface area contributed by atoms with Gasteiger partial charge in [-0.25, -0.2) is 0 Å². The maximum atomic E-state index is 10.5. The molecule has 0 aliphatic heterocycles. The van der Waals surface area contributed by atoms with E-state index in [4.69, 9.17) is 10.2 Å². The normalized spacial score (nSPS) is 18.7. The van der Waals surface area contributed by atoms with E-state index in [1.807, 2.05) is 0 Å². The van der Waals surface area contributed by atoms with Crippen LogP contribution in [-0.4, -0.2) is 63.7 Å². The number of carbonyl (C=O) groups excluding carboxylic acids is 2. The molecule has 0 aromatic heterocycles. The van der Waals surface area contributed by atoms with Gasteiger partial charge in [-0.3, -0.25) is 9.59 Å². The summed E-state index contributed by atoms with van der Waals surface area (Å²) in [7, 11) is 0. The monoisotopic (exact) mass is 223 g/mol. The van der Waals surface area contributed by atoms with Gasteiger partial charge in [0, 0.05) is 6.92 Å². The van der Waals surface area contributed by atoms with Crippen molar-refractivity contribution in [2.45, 2.75) is 31.3 Å². The van der Waals surface area contributed by atoms with Gasteiger partial charge in [0.25, 0.3) is 0 Å². The highest BCUT2D eigenvalue weighted by Gasteiger charge is 2.32. The molecule has 0 spiro atoms. The van der Waals surface area contributed by atoms with Gasteiger partial charge in [-0.2, -0.15) is 0 Å². The molecule has 0 fully saturated rings. The van der Waals surface area contributed by atoms with Crippen LogP contribution < -0.4 is 0 Å². The van der Waals surface area contributed by atoms with Crippen LogP contribution in [0, 0.1) is 0 Å². The Morgan fingerprint density at radius 1 is 1.33 bits per heavy atom. The summed E-state index contributed by atoms with van der Waals surface area (Å²) in [5.74, 6) is -0.808. The molecule has 0 unspecified atom stereocenters. The molecule has 0 saturated carbocycles. The van der Waals surface area contributed by atoms with Crippen molar-refractivity contribution in [3.63, 3.8) is 0 Å². The van der Waals surface area contributed by atoms with Crippen LogP contribution in [0.1, 0.15) is 6.92 Å². The number of aliphatic hydroxyl groups is 4. The van der Waals surface area contributed by atoms with Gasteiger partial charge in [0.05, 0.1) is 6.61 Å². The smallest absolute Gasteiger partial charge is 0.303 e. The zero-order valence-electron chi connectivity index (χ0n) is 8.11. The third-order valence-electron chi connectivity index (χ3n) is 1.70. The Kier molecular flexibility index (Phi) is 6.02. The van der Waals surface area contributed by atoms with Crippen molar-refractivity contribution in [2.24, 2.45) is 0 Å². The Hall–Kier alpha value is -1.02. The molecule has 4 N–H and O–H groups in total. The summed E-state index contributed by atoms with van der Waals surface area (Å²) >= 11 is 0. The van der Waals surface area contributed by atoms with Gasteiger partial charge in [0.2, 0.25) is 0 Å². The van der Waals surface area contributed by atoms with E-state index in [0.29, 0.717) is 0 Å². The third-order valence-corrected chi connectivity index (χ3v) is 1.70. The Bertz CT molecular complexity index is 217. The zero-order chi connectivity index (χ0) is 12.0. The Morgan fingerprint density at radius 3 is 2.20 bits per heavy atom. The number of ether oxygens (including phenoxy) is 1. The van der Waals surface area contributed by atoms with Crippen molar-refractivity contribution in [2.75, 3.05) is 6.61 Å². The predicted molar refractivity (Wildman–Crippen MR) is 46.7 cm³/mol. The van der Waals surface area contributed by atoms with Gasteiger partial charge in [0.15, 0.2) is 12.4 Å². The molecule has 7 heteroatoms. The van der Waals surface area contributed by atoms with Crippen LogP contribution >= 0.6 is 0 Å². The third kappa shape index (κ3) is 4.34. The first-order valence-electron chi connectivity index (χ1n) is 4.21. The molecule has 4 atom stereocenters. The maximum Gasteiger partial charge on any atom is 0.303 e. The van der Waals surface area contributed by atoms with Crippen molar-refractivity contribution < 1.29 is 34.8 Å². The number of carbonyl (C=O) groups is 2. The van der Waals surface area contributed by atoms with Crippen molar-refractivity contribution in [1.82, 2.24) is 0 Å². The fourth-order valence-corrected chi connectivity index (χ4v) is 0.900. The lowest BCUT2D eigenvalue weighted by molar-refractivity contribution is -0.166. The van der Waals surface area contributed by atoms with Gasteiger partial charge >= 0.3 is 5.97 Å². The number of esters is 1. The summed E-state index contributed by atoms with van der Waals surface area (Å²) in [6.07, 6.45) is -6.62. The molecule has 0 aromatic rings. The fourth-order valence-electron chi connectivity index (χ4n) is 0.900. The number of hydrogen-bond donors (Lipinski definition) is 4. The summed E-state index contributed by atoms with van der Waals surface area (Å²) in [4.78, 5) is 20.9. The highest BCUT2D eigenvalue weighted by Crippen LogP contribution is 2.06. The second-order valence-electron chi connectivity index (χ2n) is 2.94. The van der Waals surface area contributed by atoms with E-state index >= 15 is 0 Å². The number of rotatable bonds is 6. The lowest BCUT2D eigenvalue weighted by atomic mass is 10.1. The first-order valence-corrected chi connectivity index (χ1v) is 4.21. The second kappa shape index (κ2) is 6.46. The highest BCUT2D eigenvalue weighted by atomic mass is 16.6. The van der Waals surface area contributed by atoms with Gasteiger partial charge in [-0.1, -0.05) is 0 Å². The van der Waals surface area contributed by atoms with Crippen molar-refractivity contribution in [3.05, 3.63) is 0 Å². The maximum absolute atomic E-state index is 10.5. The lowest BCUT2D eigenvalue weighted by Crippen LogP contribution is -2.47. The number of hydrogen-bond acceptors (Lipinski definition) is 7. The van der Waals surface area contributed by atoms with E-state index in [-0.39, 0.29) is 6.29 Å². The summed E-state index contributed by atoms with van der Waals surface area (Å²) in [5, 5.41) is 35.9. The molecular weight excluding hydrogens is 209 g/mol. The standard InChI is InChI=1S/C8H14O7/c1-4(11)15-6(3-10)8(14)7(13)5(12)2-9/h3,5-9,12-14H,2H2,1H3/t5-,6+,7-,8-/m1/s1/i3+1. The number of aldehydes is 1. The van der Waals surface area contributed by atoms with E-state index in [1.54, 1.807) is 0 Å². The minimum Gasteiger partial charge on any atom is -0.452 e. The summed E-state index contributed by atoms with van der Waals surface area (Å²) < 4.78 is 4.37. The molecule has 0 rings (SSSR count). The number of aliphatic hydroxyl groups excluding tert-OH is 4. The summed E-state index contributed by atoms with van der Waals surface area (Å²) in [6.45, 7) is 0.238. The van der Waals surface area contributed by atoms with Crippen LogP contribution in [0.4, 0.5) is 0 Å². The largest absolute Gasteiger partial charge is 0.452 e. The van der Waals surface area contributed by atoms with Gasteiger partial charge in [-0.15, -0.1) is 0 Å². The molecular formula is C8H14O7. The van der Waals surface area contributed by atoms with Gasteiger partial charge in [-0.05, 0) is 0 Å². The van der Waals surface area contributed by atoms with Gasteiger partial charge in [0.1, 0.15) is 18.3 Å². The van der Waals surface area contributed by atoms with E-state index in [9.17, 15) is 19.8 Å². The summed E-state index contributed by atoms with van der Waals surface area (Å²) in [5.41, 5.74) is 0. The molecule has 88 valence electrons. The van der Waals surface area contributed by atoms with Crippen LogP contribution in [0.15, 0.2) is 0 Å². The Labute approximate surface area is 85.9 Å². The van der Waals surface area contributed by atoms with Crippen molar-refractivity contribution >= 4 is 12.3 Å². The molecule has 0 heterocycles. The minimum atomic E-state index is -1.78. The molecule has 15 heavy (non-hydrogen) atoms. The highest BCUT2D eigenvalue weighted by molar-refractivity contribution is 5.70.